The van der Waals surface area contributed by atoms with Gasteiger partial charge in [-0.25, -0.2) is 0 Å². The Hall–Kier alpha value is -1.28. The minimum Gasteiger partial charge on any atom is -0.508 e. The number of hydrogen-bond donors (Lipinski definition) is 2. The number of phenols is 1. The molecule has 2 rings (SSSR count). The molecule has 1 aliphatic rings. The molecule has 0 atom stereocenters. The lowest BCUT2D eigenvalue weighted by atomic mass is 9.81. The van der Waals surface area contributed by atoms with E-state index >= 15 is 0 Å². The van der Waals surface area contributed by atoms with Crippen molar-refractivity contribution in [3.05, 3.63) is 35.4 Å². The van der Waals surface area contributed by atoms with Crippen LogP contribution in [0.25, 0.3) is 5.57 Å². The highest BCUT2D eigenvalue weighted by atomic mass is 16.3. The van der Waals surface area contributed by atoms with Gasteiger partial charge in [0.2, 0.25) is 0 Å². The van der Waals surface area contributed by atoms with Crippen molar-refractivity contribution >= 4 is 5.57 Å². The van der Waals surface area contributed by atoms with Crippen LogP contribution in [0.15, 0.2) is 24.3 Å². The van der Waals surface area contributed by atoms with Gasteiger partial charge in [0.1, 0.15) is 5.75 Å². The zero-order valence-electron chi connectivity index (χ0n) is 9.25. The summed E-state index contributed by atoms with van der Waals surface area (Å²) < 4.78 is 0. The molecule has 1 aromatic rings. The summed E-state index contributed by atoms with van der Waals surface area (Å²) in [6.45, 7) is 4.89. The summed E-state index contributed by atoms with van der Waals surface area (Å²) in [5.74, 6) is 0.328. The van der Waals surface area contributed by atoms with Crippen LogP contribution < -0.4 is 5.73 Å². The van der Waals surface area contributed by atoms with Crippen LogP contribution in [0.5, 0.6) is 5.75 Å². The largest absolute Gasteiger partial charge is 0.508 e. The van der Waals surface area contributed by atoms with Crippen LogP contribution >= 0.6 is 0 Å². The summed E-state index contributed by atoms with van der Waals surface area (Å²) in [7, 11) is 0. The third-order valence-corrected chi connectivity index (χ3v) is 3.15. The number of allylic oxidation sites excluding steroid dienone is 1. The van der Waals surface area contributed by atoms with Crippen LogP contribution in [-0.2, 0) is 6.42 Å². The van der Waals surface area contributed by atoms with Crippen molar-refractivity contribution in [3.8, 4) is 5.75 Å². The Morgan fingerprint density at radius 2 is 2.13 bits per heavy atom. The second-order valence-electron chi connectivity index (χ2n) is 4.75. The fourth-order valence-electron chi connectivity index (χ4n) is 2.07. The number of hydrogen-bond acceptors (Lipinski definition) is 2. The van der Waals surface area contributed by atoms with Crippen LogP contribution in [0.2, 0.25) is 0 Å². The number of nitrogens with two attached hydrogens (primary N) is 1. The monoisotopic (exact) mass is 203 g/mol. The molecule has 0 amide bonds. The number of aromatic hydroxyl groups is 1. The van der Waals surface area contributed by atoms with E-state index in [1.54, 1.807) is 6.07 Å². The summed E-state index contributed by atoms with van der Waals surface area (Å²) in [4.78, 5) is 0. The van der Waals surface area contributed by atoms with E-state index in [1.165, 1.54) is 11.1 Å². The van der Waals surface area contributed by atoms with Gasteiger partial charge in [0.25, 0.3) is 0 Å². The lowest BCUT2D eigenvalue weighted by Gasteiger charge is -2.25. The fraction of sp³-hybridized carbons (Fsp3) is 0.385. The second kappa shape index (κ2) is 3.38. The van der Waals surface area contributed by atoms with E-state index in [2.05, 4.69) is 19.9 Å². The third-order valence-electron chi connectivity index (χ3n) is 3.15. The smallest absolute Gasteiger partial charge is 0.116 e. The van der Waals surface area contributed by atoms with Gasteiger partial charge >= 0.3 is 0 Å². The molecule has 0 aromatic heterocycles. The van der Waals surface area contributed by atoms with Gasteiger partial charge in [0, 0.05) is 12.0 Å². The molecular formula is C13H17NO. The van der Waals surface area contributed by atoms with Crippen molar-refractivity contribution in [3.63, 3.8) is 0 Å². The first-order valence-corrected chi connectivity index (χ1v) is 5.27. The number of benzene rings is 1. The van der Waals surface area contributed by atoms with Crippen LogP contribution in [0.3, 0.4) is 0 Å². The molecule has 80 valence electrons. The molecular weight excluding hydrogens is 186 g/mol. The Morgan fingerprint density at radius 1 is 1.40 bits per heavy atom. The van der Waals surface area contributed by atoms with Gasteiger partial charge in [-0.2, -0.15) is 0 Å². The molecule has 0 spiro atoms. The molecule has 2 nitrogen and oxygen atoms in total. The van der Waals surface area contributed by atoms with Gasteiger partial charge in [-0.15, -0.1) is 0 Å². The Morgan fingerprint density at radius 3 is 2.80 bits per heavy atom. The van der Waals surface area contributed by atoms with Crippen molar-refractivity contribution in [1.29, 1.82) is 0 Å². The number of phenolic OH excluding ortho intramolecular Hbond substituents is 1. The van der Waals surface area contributed by atoms with E-state index in [-0.39, 0.29) is 5.41 Å². The fourth-order valence-corrected chi connectivity index (χ4v) is 2.07. The molecule has 2 heteroatoms. The molecule has 15 heavy (non-hydrogen) atoms. The highest BCUT2D eigenvalue weighted by Crippen LogP contribution is 2.40. The lowest BCUT2D eigenvalue weighted by molar-refractivity contribution is 0.474. The number of fused-ring (bicyclic) bond motifs is 1. The van der Waals surface area contributed by atoms with Crippen molar-refractivity contribution < 1.29 is 5.11 Å². The molecule has 3 N–H and O–H groups in total. The molecule has 0 heterocycles. The molecule has 0 unspecified atom stereocenters. The summed E-state index contributed by atoms with van der Waals surface area (Å²) in [6, 6.07) is 5.57. The quantitative estimate of drug-likeness (QED) is 0.774. The minimum absolute atomic E-state index is 0.0148. The third kappa shape index (κ3) is 1.65. The molecule has 1 aliphatic carbocycles. The first kappa shape index (κ1) is 10.2. The first-order valence-electron chi connectivity index (χ1n) is 5.27. The van der Waals surface area contributed by atoms with Gasteiger partial charge in [0.15, 0.2) is 0 Å². The molecule has 0 radical (unpaired) electrons. The van der Waals surface area contributed by atoms with Gasteiger partial charge in [0.05, 0.1) is 0 Å². The van der Waals surface area contributed by atoms with Gasteiger partial charge in [-0.1, -0.05) is 26.0 Å². The predicted octanol–water partition coefficient (Wildman–Crippen LogP) is 2.32. The molecule has 0 saturated heterocycles. The normalized spacial score (nSPS) is 15.0. The van der Waals surface area contributed by atoms with Crippen molar-refractivity contribution in [2.45, 2.75) is 20.3 Å². The molecule has 1 aromatic carbocycles. The van der Waals surface area contributed by atoms with Crippen LogP contribution in [0, 0.1) is 5.41 Å². The van der Waals surface area contributed by atoms with Crippen LogP contribution in [-0.4, -0.2) is 11.7 Å². The second-order valence-corrected chi connectivity index (χ2v) is 4.75. The lowest BCUT2D eigenvalue weighted by Crippen LogP contribution is -2.24. The summed E-state index contributed by atoms with van der Waals surface area (Å²) >= 11 is 0. The van der Waals surface area contributed by atoms with Gasteiger partial charge < -0.3 is 10.8 Å². The van der Waals surface area contributed by atoms with Gasteiger partial charge in [-0.05, 0) is 35.3 Å². The van der Waals surface area contributed by atoms with Crippen LogP contribution in [0.1, 0.15) is 25.0 Å². The maximum Gasteiger partial charge on any atom is 0.116 e. The highest BCUT2D eigenvalue weighted by Gasteiger charge is 2.27. The van der Waals surface area contributed by atoms with E-state index in [0.717, 1.165) is 12.0 Å². The number of rotatable bonds is 2. The van der Waals surface area contributed by atoms with E-state index < -0.39 is 0 Å². The topological polar surface area (TPSA) is 46.2 Å². The average molecular weight is 203 g/mol. The van der Waals surface area contributed by atoms with E-state index in [1.807, 2.05) is 12.1 Å². The average Bonchev–Trinajstić information content (AvgIpc) is 2.61. The zero-order valence-corrected chi connectivity index (χ0v) is 9.25. The summed E-state index contributed by atoms with van der Waals surface area (Å²) in [6.07, 6.45) is 3.17. The zero-order chi connectivity index (χ0) is 11.1. The standard InChI is InChI=1S/C13H17NO/c1-13(2,8-14)12-6-4-9-3-5-10(15)7-11(9)12/h3,5-7,15H,4,8,14H2,1-2H3. The minimum atomic E-state index is -0.0148. The van der Waals surface area contributed by atoms with Crippen molar-refractivity contribution in [1.82, 2.24) is 0 Å². The maximum absolute atomic E-state index is 9.49. The SMILES string of the molecule is CC(C)(CN)C1=CCc2ccc(O)cc21. The summed E-state index contributed by atoms with van der Waals surface area (Å²) in [5, 5.41) is 9.49. The Labute approximate surface area is 90.4 Å². The highest BCUT2D eigenvalue weighted by molar-refractivity contribution is 5.77. The van der Waals surface area contributed by atoms with Crippen LogP contribution in [0.4, 0.5) is 0 Å². The van der Waals surface area contributed by atoms with E-state index in [0.29, 0.717) is 12.3 Å². The van der Waals surface area contributed by atoms with Crippen molar-refractivity contribution in [2.75, 3.05) is 6.54 Å². The Bertz CT molecular complexity index is 419. The summed E-state index contributed by atoms with van der Waals surface area (Å²) in [5.41, 5.74) is 9.46. The molecule has 0 fully saturated rings. The van der Waals surface area contributed by atoms with Gasteiger partial charge in [-0.3, -0.25) is 0 Å². The maximum atomic E-state index is 9.49. The van der Waals surface area contributed by atoms with E-state index in [4.69, 9.17) is 5.73 Å². The molecule has 0 saturated carbocycles. The predicted molar refractivity (Wildman–Crippen MR) is 62.6 cm³/mol. The molecule has 0 aliphatic heterocycles. The Kier molecular flexibility index (Phi) is 2.31. The Balaban J connectivity index is 2.46. The van der Waals surface area contributed by atoms with E-state index in [9.17, 15) is 5.11 Å². The van der Waals surface area contributed by atoms with Crippen molar-refractivity contribution in [2.24, 2.45) is 11.1 Å². The first-order chi connectivity index (χ1) is 7.04. The molecule has 0 bridgehead atoms.